The zero-order valence-corrected chi connectivity index (χ0v) is 13.6. The lowest BCUT2D eigenvalue weighted by atomic mass is 10.1. The van der Waals surface area contributed by atoms with Crippen molar-refractivity contribution in [1.82, 2.24) is 5.32 Å². The Balaban J connectivity index is 1.68. The number of rotatable bonds is 4. The highest BCUT2D eigenvalue weighted by molar-refractivity contribution is 8.15. The average Bonchev–Trinajstić information content (AvgIpc) is 2.90. The molecule has 0 saturated carbocycles. The highest BCUT2D eigenvalue weighted by atomic mass is 32.2. The third kappa shape index (κ3) is 3.99. The summed E-state index contributed by atoms with van der Waals surface area (Å²) in [5.41, 5.74) is 3.02. The largest absolute Gasteiger partial charge is 0.304 e. The van der Waals surface area contributed by atoms with Gasteiger partial charge in [-0.15, -0.1) is 0 Å². The van der Waals surface area contributed by atoms with Crippen LogP contribution in [0.2, 0.25) is 0 Å². The van der Waals surface area contributed by atoms with Crippen LogP contribution >= 0.6 is 11.8 Å². The van der Waals surface area contributed by atoms with E-state index in [-0.39, 0.29) is 17.0 Å². The Morgan fingerprint density at radius 2 is 1.74 bits per heavy atom. The number of nitrogens with one attached hydrogen (secondary N) is 1. The Morgan fingerprint density at radius 3 is 2.39 bits per heavy atom. The van der Waals surface area contributed by atoms with Gasteiger partial charge in [-0.05, 0) is 48.2 Å². The van der Waals surface area contributed by atoms with Gasteiger partial charge in [0.1, 0.15) is 5.82 Å². The van der Waals surface area contributed by atoms with E-state index in [0.29, 0.717) is 11.6 Å². The number of amides is 1. The van der Waals surface area contributed by atoms with Gasteiger partial charge in [0, 0.05) is 0 Å². The Hall–Kier alpha value is -2.14. The fourth-order valence-corrected chi connectivity index (χ4v) is 3.38. The van der Waals surface area contributed by atoms with Crippen molar-refractivity contribution in [3.8, 4) is 0 Å². The summed E-state index contributed by atoms with van der Waals surface area (Å²) >= 11 is 1.42. The number of hydrogen-bond donors (Lipinski definition) is 1. The van der Waals surface area contributed by atoms with Crippen LogP contribution < -0.4 is 5.32 Å². The summed E-state index contributed by atoms with van der Waals surface area (Å²) in [6.45, 7) is 2.11. The number of thioether (sulfide) groups is 1. The Labute approximate surface area is 139 Å². The van der Waals surface area contributed by atoms with Gasteiger partial charge in [-0.25, -0.2) is 9.38 Å². The SMILES string of the molecule is CCc1ccc(N=C2NC(=O)C(Cc3ccc(F)cc3)S2)cc1. The molecule has 0 aliphatic carbocycles. The minimum Gasteiger partial charge on any atom is -0.304 e. The maximum Gasteiger partial charge on any atom is 0.239 e. The van der Waals surface area contributed by atoms with Crippen molar-refractivity contribution in [2.75, 3.05) is 0 Å². The summed E-state index contributed by atoms with van der Waals surface area (Å²) in [6.07, 6.45) is 1.55. The summed E-state index contributed by atoms with van der Waals surface area (Å²) in [6, 6.07) is 14.2. The number of aliphatic imine (C=N–C) groups is 1. The molecule has 1 fully saturated rings. The molecule has 1 atom stereocenters. The molecule has 1 aliphatic heterocycles. The molecule has 3 nitrogen and oxygen atoms in total. The van der Waals surface area contributed by atoms with Crippen LogP contribution in [0.15, 0.2) is 53.5 Å². The predicted octanol–water partition coefficient (Wildman–Crippen LogP) is 3.85. The van der Waals surface area contributed by atoms with Crippen LogP contribution in [0.3, 0.4) is 0 Å². The molecule has 1 unspecified atom stereocenters. The van der Waals surface area contributed by atoms with E-state index in [1.165, 1.54) is 29.5 Å². The first-order chi connectivity index (χ1) is 11.1. The summed E-state index contributed by atoms with van der Waals surface area (Å²) in [4.78, 5) is 16.5. The van der Waals surface area contributed by atoms with Gasteiger partial charge in [0.05, 0.1) is 10.9 Å². The van der Waals surface area contributed by atoms with Crippen LogP contribution in [0, 0.1) is 5.82 Å². The summed E-state index contributed by atoms with van der Waals surface area (Å²) in [5.74, 6) is -0.321. The van der Waals surface area contributed by atoms with Crippen LogP contribution in [0.5, 0.6) is 0 Å². The van der Waals surface area contributed by atoms with Crippen molar-refractivity contribution in [3.05, 3.63) is 65.5 Å². The second-order valence-electron chi connectivity index (χ2n) is 5.36. The van der Waals surface area contributed by atoms with E-state index in [2.05, 4.69) is 17.2 Å². The van der Waals surface area contributed by atoms with Crippen molar-refractivity contribution in [3.63, 3.8) is 0 Å². The van der Waals surface area contributed by atoms with Gasteiger partial charge in [0.2, 0.25) is 5.91 Å². The van der Waals surface area contributed by atoms with E-state index in [4.69, 9.17) is 0 Å². The lowest BCUT2D eigenvalue weighted by molar-refractivity contribution is -0.118. The number of halogens is 1. The first-order valence-corrected chi connectivity index (χ1v) is 8.41. The second-order valence-corrected chi connectivity index (χ2v) is 6.55. The van der Waals surface area contributed by atoms with Crippen LogP contribution in [0.1, 0.15) is 18.1 Å². The minimum atomic E-state index is -0.268. The number of benzene rings is 2. The number of hydrogen-bond acceptors (Lipinski definition) is 3. The van der Waals surface area contributed by atoms with Gasteiger partial charge < -0.3 is 5.32 Å². The van der Waals surface area contributed by atoms with Gasteiger partial charge in [0.25, 0.3) is 0 Å². The molecule has 118 valence electrons. The molecule has 0 radical (unpaired) electrons. The van der Waals surface area contributed by atoms with Crippen LogP contribution in [0.4, 0.5) is 10.1 Å². The van der Waals surface area contributed by atoms with Crippen LogP contribution in [-0.4, -0.2) is 16.3 Å². The van der Waals surface area contributed by atoms with E-state index < -0.39 is 0 Å². The Morgan fingerprint density at radius 1 is 1.09 bits per heavy atom. The number of amidine groups is 1. The van der Waals surface area contributed by atoms with Crippen molar-refractivity contribution in [2.24, 2.45) is 4.99 Å². The van der Waals surface area contributed by atoms with E-state index in [1.807, 2.05) is 24.3 Å². The van der Waals surface area contributed by atoms with Gasteiger partial charge in [-0.3, -0.25) is 4.79 Å². The highest BCUT2D eigenvalue weighted by Gasteiger charge is 2.30. The number of aryl methyl sites for hydroxylation is 1. The van der Waals surface area contributed by atoms with Crippen LogP contribution in [-0.2, 0) is 17.6 Å². The lowest BCUT2D eigenvalue weighted by Gasteiger charge is -2.04. The van der Waals surface area contributed by atoms with Crippen LogP contribution in [0.25, 0.3) is 0 Å². The summed E-state index contributed by atoms with van der Waals surface area (Å²) < 4.78 is 12.9. The van der Waals surface area contributed by atoms with Crippen molar-refractivity contribution < 1.29 is 9.18 Å². The standard InChI is InChI=1S/C18H17FN2OS/c1-2-12-5-9-15(10-6-12)20-18-21-17(22)16(23-18)11-13-3-7-14(19)8-4-13/h3-10,16H,2,11H2,1H3,(H,20,21,22). The quantitative estimate of drug-likeness (QED) is 0.926. The predicted molar refractivity (Wildman–Crippen MR) is 92.5 cm³/mol. The maximum absolute atomic E-state index is 12.9. The summed E-state index contributed by atoms with van der Waals surface area (Å²) in [7, 11) is 0. The molecule has 1 aliphatic rings. The van der Waals surface area contributed by atoms with Crippen molar-refractivity contribution in [1.29, 1.82) is 0 Å². The van der Waals surface area contributed by atoms with Gasteiger partial charge in [-0.1, -0.05) is 43.0 Å². The number of carbonyl (C=O) groups excluding carboxylic acids is 1. The van der Waals surface area contributed by atoms with E-state index in [9.17, 15) is 9.18 Å². The molecular weight excluding hydrogens is 311 g/mol. The number of carbonyl (C=O) groups is 1. The second kappa shape index (κ2) is 6.96. The van der Waals surface area contributed by atoms with Gasteiger partial charge >= 0.3 is 0 Å². The normalized spacial score (nSPS) is 19.1. The van der Waals surface area contributed by atoms with E-state index in [0.717, 1.165) is 17.7 Å². The molecule has 1 heterocycles. The highest BCUT2D eigenvalue weighted by Crippen LogP contribution is 2.26. The molecule has 3 rings (SSSR count). The molecule has 0 bridgehead atoms. The fourth-order valence-electron chi connectivity index (χ4n) is 2.35. The molecule has 2 aromatic carbocycles. The minimum absolute atomic E-state index is 0.0525. The van der Waals surface area contributed by atoms with Gasteiger partial charge in [0.15, 0.2) is 5.17 Å². The zero-order valence-electron chi connectivity index (χ0n) is 12.8. The molecule has 23 heavy (non-hydrogen) atoms. The molecule has 0 spiro atoms. The zero-order chi connectivity index (χ0) is 16.2. The molecule has 1 saturated heterocycles. The molecule has 1 N–H and O–H groups in total. The summed E-state index contributed by atoms with van der Waals surface area (Å²) in [5, 5.41) is 3.20. The average molecular weight is 328 g/mol. The number of nitrogens with zero attached hydrogens (tertiary/aromatic N) is 1. The maximum atomic E-state index is 12.9. The Kier molecular flexibility index (Phi) is 4.76. The lowest BCUT2D eigenvalue weighted by Crippen LogP contribution is -2.25. The van der Waals surface area contributed by atoms with Crippen molar-refractivity contribution >= 4 is 28.5 Å². The third-order valence-electron chi connectivity index (χ3n) is 3.69. The topological polar surface area (TPSA) is 41.5 Å². The van der Waals surface area contributed by atoms with Gasteiger partial charge in [-0.2, -0.15) is 0 Å². The van der Waals surface area contributed by atoms with E-state index >= 15 is 0 Å². The molecule has 0 aromatic heterocycles. The van der Waals surface area contributed by atoms with E-state index in [1.54, 1.807) is 12.1 Å². The molecule has 1 amide bonds. The monoisotopic (exact) mass is 328 g/mol. The van der Waals surface area contributed by atoms with Crippen molar-refractivity contribution in [2.45, 2.75) is 25.0 Å². The Bertz CT molecular complexity index is 726. The first-order valence-electron chi connectivity index (χ1n) is 7.53. The molecule has 5 heteroatoms. The third-order valence-corrected chi connectivity index (χ3v) is 4.77. The fraction of sp³-hybridized carbons (Fsp3) is 0.222. The smallest absolute Gasteiger partial charge is 0.239 e. The first kappa shape index (κ1) is 15.7. The molecular formula is C18H17FN2OS. The molecule has 2 aromatic rings.